The van der Waals surface area contributed by atoms with Crippen molar-refractivity contribution < 1.29 is 14.3 Å². The summed E-state index contributed by atoms with van der Waals surface area (Å²) in [6.45, 7) is 7.59. The van der Waals surface area contributed by atoms with Gasteiger partial charge in [-0.15, -0.1) is 0 Å². The van der Waals surface area contributed by atoms with Crippen LogP contribution in [0.25, 0.3) is 0 Å². The maximum absolute atomic E-state index is 12.6. The number of hydrogen-bond acceptors (Lipinski definition) is 5. The van der Waals surface area contributed by atoms with Gasteiger partial charge in [0.05, 0.1) is 21.2 Å². The maximum atomic E-state index is 12.6. The van der Waals surface area contributed by atoms with E-state index in [4.69, 9.17) is 32.7 Å². The summed E-state index contributed by atoms with van der Waals surface area (Å²) in [5.74, 6) is 0.198. The minimum absolute atomic E-state index is 0.300. The smallest absolute Gasteiger partial charge is 0.350 e. The van der Waals surface area contributed by atoms with E-state index in [1.807, 2.05) is 58.0 Å². The highest BCUT2D eigenvalue weighted by molar-refractivity contribution is 7.99. The van der Waals surface area contributed by atoms with Gasteiger partial charge in [-0.2, -0.15) is 5.10 Å². The Kier molecular flexibility index (Phi) is 7.01. The van der Waals surface area contributed by atoms with E-state index in [2.05, 4.69) is 5.10 Å². The van der Waals surface area contributed by atoms with Crippen LogP contribution in [0.15, 0.2) is 58.3 Å². The van der Waals surface area contributed by atoms with Gasteiger partial charge in [-0.25, -0.2) is 9.48 Å². The van der Waals surface area contributed by atoms with E-state index in [0.717, 1.165) is 15.5 Å². The molecule has 0 fully saturated rings. The highest BCUT2D eigenvalue weighted by atomic mass is 35.5. The number of carbonyl (C=O) groups is 1. The fraction of sp³-hybridized carbons (Fsp3) is 0.273. The number of hydrogen-bond donors (Lipinski definition) is 0. The molecule has 3 aromatic rings. The molecule has 0 amide bonds. The van der Waals surface area contributed by atoms with Crippen LogP contribution in [0.3, 0.4) is 0 Å². The van der Waals surface area contributed by atoms with E-state index in [-0.39, 0.29) is 12.1 Å². The van der Waals surface area contributed by atoms with Gasteiger partial charge in [-0.3, -0.25) is 0 Å². The van der Waals surface area contributed by atoms with Gasteiger partial charge in [0.2, 0.25) is 5.88 Å². The first-order valence-electron chi connectivity index (χ1n) is 9.26. The Morgan fingerprint density at radius 2 is 1.83 bits per heavy atom. The van der Waals surface area contributed by atoms with Crippen molar-refractivity contribution in [2.75, 3.05) is 6.61 Å². The molecule has 2 aromatic carbocycles. The second kappa shape index (κ2) is 9.33. The van der Waals surface area contributed by atoms with Crippen LogP contribution >= 0.6 is 35.0 Å². The Bertz CT molecular complexity index is 1050. The molecule has 0 bridgehead atoms. The number of aryl methyl sites for hydroxylation is 1. The zero-order valence-electron chi connectivity index (χ0n) is 17.1. The number of benzene rings is 2. The molecular weight excluding hydrogens is 443 g/mol. The van der Waals surface area contributed by atoms with Crippen LogP contribution in [0, 0.1) is 6.92 Å². The normalized spacial score (nSPS) is 11.4. The number of nitrogens with zero attached hydrogens (tertiary/aromatic N) is 2. The Morgan fingerprint density at radius 3 is 2.47 bits per heavy atom. The van der Waals surface area contributed by atoms with Gasteiger partial charge in [0.1, 0.15) is 5.75 Å². The summed E-state index contributed by atoms with van der Waals surface area (Å²) in [7, 11) is 0. The number of aromatic nitrogens is 2. The van der Waals surface area contributed by atoms with Crippen molar-refractivity contribution in [3.05, 3.63) is 64.3 Å². The monoisotopic (exact) mass is 464 g/mol. The first kappa shape index (κ1) is 22.5. The summed E-state index contributed by atoms with van der Waals surface area (Å²) in [6.07, 6.45) is 0. The molecule has 158 valence electrons. The average Bonchev–Trinajstić information content (AvgIpc) is 2.98. The molecule has 0 N–H and O–H groups in total. The van der Waals surface area contributed by atoms with Gasteiger partial charge in [0.15, 0.2) is 6.61 Å². The van der Waals surface area contributed by atoms with E-state index in [0.29, 0.717) is 21.7 Å². The lowest BCUT2D eigenvalue weighted by Crippen LogP contribution is -2.27. The van der Waals surface area contributed by atoms with Crippen molar-refractivity contribution in [1.29, 1.82) is 0 Å². The SMILES string of the molecule is Cc1nn(C(C)(C)C)c(OC(=O)COc2ccc(Cl)cc2Cl)c1Sc1ccccc1. The Balaban J connectivity index is 1.83. The van der Waals surface area contributed by atoms with Crippen LogP contribution in [0.5, 0.6) is 11.6 Å². The molecule has 5 nitrogen and oxygen atoms in total. The molecule has 8 heteroatoms. The topological polar surface area (TPSA) is 53.4 Å². The van der Waals surface area contributed by atoms with Crippen molar-refractivity contribution in [3.8, 4) is 11.6 Å². The standard InChI is InChI=1S/C22H22Cl2N2O3S/c1-14-20(30-16-8-6-5-7-9-16)21(26(25-14)22(2,3)4)29-19(27)13-28-18-11-10-15(23)12-17(18)24/h5-12H,13H2,1-4H3. The summed E-state index contributed by atoms with van der Waals surface area (Å²) < 4.78 is 13.0. The molecule has 0 aliphatic rings. The first-order chi connectivity index (χ1) is 14.1. The van der Waals surface area contributed by atoms with Gasteiger partial charge in [-0.05, 0) is 58.0 Å². The fourth-order valence-corrected chi connectivity index (χ4v) is 4.02. The highest BCUT2D eigenvalue weighted by Crippen LogP contribution is 2.40. The predicted molar refractivity (Wildman–Crippen MR) is 120 cm³/mol. The summed E-state index contributed by atoms with van der Waals surface area (Å²) >= 11 is 13.5. The Morgan fingerprint density at radius 1 is 1.13 bits per heavy atom. The van der Waals surface area contributed by atoms with Crippen LogP contribution in [0.4, 0.5) is 0 Å². The summed E-state index contributed by atoms with van der Waals surface area (Å²) in [5, 5.41) is 5.43. The molecule has 0 aliphatic heterocycles. The Hall–Kier alpha value is -2.15. The molecule has 0 saturated carbocycles. The van der Waals surface area contributed by atoms with Crippen molar-refractivity contribution >= 4 is 40.9 Å². The molecule has 30 heavy (non-hydrogen) atoms. The predicted octanol–water partition coefficient (Wildman–Crippen LogP) is 6.39. The molecule has 0 aliphatic carbocycles. The molecular formula is C22H22Cl2N2O3S. The number of carbonyl (C=O) groups excluding carboxylic acids is 1. The van der Waals surface area contributed by atoms with Crippen molar-refractivity contribution in [2.24, 2.45) is 0 Å². The van der Waals surface area contributed by atoms with Crippen molar-refractivity contribution in [1.82, 2.24) is 9.78 Å². The molecule has 0 saturated heterocycles. The number of rotatable bonds is 6. The fourth-order valence-electron chi connectivity index (χ4n) is 2.63. The van der Waals surface area contributed by atoms with Gasteiger partial charge >= 0.3 is 5.97 Å². The third-order valence-corrected chi connectivity index (χ3v) is 5.73. The average molecular weight is 465 g/mol. The van der Waals surface area contributed by atoms with Crippen LogP contribution < -0.4 is 9.47 Å². The number of esters is 1. The molecule has 1 aromatic heterocycles. The van der Waals surface area contributed by atoms with Crippen molar-refractivity contribution in [3.63, 3.8) is 0 Å². The van der Waals surface area contributed by atoms with Crippen LogP contribution in [-0.2, 0) is 10.3 Å². The molecule has 0 spiro atoms. The summed E-state index contributed by atoms with van der Waals surface area (Å²) in [6, 6.07) is 14.7. The highest BCUT2D eigenvalue weighted by Gasteiger charge is 2.27. The minimum Gasteiger partial charge on any atom is -0.480 e. The second-order valence-corrected chi connectivity index (χ2v) is 9.48. The third kappa shape index (κ3) is 5.50. The van der Waals surface area contributed by atoms with Gasteiger partial charge in [-0.1, -0.05) is 53.2 Å². The zero-order valence-corrected chi connectivity index (χ0v) is 19.4. The number of halogens is 2. The van der Waals surface area contributed by atoms with E-state index in [9.17, 15) is 4.79 Å². The van der Waals surface area contributed by atoms with E-state index in [1.54, 1.807) is 22.9 Å². The second-order valence-electron chi connectivity index (χ2n) is 7.55. The summed E-state index contributed by atoms with van der Waals surface area (Å²) in [5.41, 5.74) is 0.402. The van der Waals surface area contributed by atoms with Gasteiger partial charge in [0.25, 0.3) is 0 Å². The van der Waals surface area contributed by atoms with Crippen LogP contribution in [0.2, 0.25) is 10.0 Å². The minimum atomic E-state index is -0.554. The molecule has 3 rings (SSSR count). The lowest BCUT2D eigenvalue weighted by molar-refractivity contribution is -0.137. The van der Waals surface area contributed by atoms with E-state index >= 15 is 0 Å². The quantitative estimate of drug-likeness (QED) is 0.395. The first-order valence-corrected chi connectivity index (χ1v) is 10.8. The zero-order chi connectivity index (χ0) is 21.9. The van der Waals surface area contributed by atoms with E-state index in [1.165, 1.54) is 11.8 Å². The molecule has 0 radical (unpaired) electrons. The number of ether oxygens (including phenoxy) is 2. The molecule has 0 atom stereocenters. The van der Waals surface area contributed by atoms with Gasteiger partial charge in [0, 0.05) is 9.92 Å². The van der Waals surface area contributed by atoms with Crippen LogP contribution in [0.1, 0.15) is 26.5 Å². The lowest BCUT2D eigenvalue weighted by atomic mass is 10.1. The van der Waals surface area contributed by atoms with Gasteiger partial charge < -0.3 is 9.47 Å². The Labute approximate surface area is 190 Å². The summed E-state index contributed by atoms with van der Waals surface area (Å²) in [4.78, 5) is 14.4. The van der Waals surface area contributed by atoms with E-state index < -0.39 is 5.97 Å². The maximum Gasteiger partial charge on any atom is 0.350 e. The third-order valence-electron chi connectivity index (χ3n) is 4.01. The lowest BCUT2D eigenvalue weighted by Gasteiger charge is -2.22. The molecule has 0 unspecified atom stereocenters. The van der Waals surface area contributed by atoms with Crippen molar-refractivity contribution in [2.45, 2.75) is 43.0 Å². The molecule has 1 heterocycles. The van der Waals surface area contributed by atoms with Crippen LogP contribution in [-0.4, -0.2) is 22.4 Å². The largest absolute Gasteiger partial charge is 0.480 e.